The maximum Gasteiger partial charge on any atom is 0.223 e. The third-order valence-electron chi connectivity index (χ3n) is 3.78. The number of ether oxygens (including phenoxy) is 1. The van der Waals surface area contributed by atoms with Crippen molar-refractivity contribution in [3.63, 3.8) is 0 Å². The Morgan fingerprint density at radius 3 is 2.85 bits per heavy atom. The minimum atomic E-state index is -0.00289. The highest BCUT2D eigenvalue weighted by Crippen LogP contribution is 2.44. The van der Waals surface area contributed by atoms with Crippen LogP contribution in [0.15, 0.2) is 0 Å². The predicted molar refractivity (Wildman–Crippen MR) is 49.3 cm³/mol. The Kier molecular flexibility index (Phi) is 1.88. The van der Waals surface area contributed by atoms with Crippen molar-refractivity contribution in [3.8, 4) is 0 Å². The fourth-order valence-electron chi connectivity index (χ4n) is 2.84. The Hall–Kier alpha value is -0.570. The molecule has 3 heteroatoms. The molecule has 3 nitrogen and oxygen atoms in total. The standard InChI is InChI=1S/C10H17NO2/c1-7(2)10-6-13-5-8(10)4-9(12)11(10)3/h7-8H,4-6H2,1-3H3. The average molecular weight is 183 g/mol. The molecule has 74 valence electrons. The Bertz CT molecular complexity index is 239. The lowest BCUT2D eigenvalue weighted by molar-refractivity contribution is -0.131. The van der Waals surface area contributed by atoms with Crippen LogP contribution in [0.3, 0.4) is 0 Å². The topological polar surface area (TPSA) is 29.5 Å². The summed E-state index contributed by atoms with van der Waals surface area (Å²) in [5.41, 5.74) is -0.00289. The first-order chi connectivity index (χ1) is 6.09. The second kappa shape index (κ2) is 2.71. The number of rotatable bonds is 1. The van der Waals surface area contributed by atoms with Crippen molar-refractivity contribution in [1.29, 1.82) is 0 Å². The summed E-state index contributed by atoms with van der Waals surface area (Å²) >= 11 is 0. The van der Waals surface area contributed by atoms with Crippen molar-refractivity contribution < 1.29 is 9.53 Å². The number of fused-ring (bicyclic) bond motifs is 1. The van der Waals surface area contributed by atoms with E-state index in [1.807, 2.05) is 11.9 Å². The summed E-state index contributed by atoms with van der Waals surface area (Å²) in [6, 6.07) is 0. The SMILES string of the molecule is CC(C)C12COCC1CC(=O)N2C. The van der Waals surface area contributed by atoms with Crippen molar-refractivity contribution in [2.45, 2.75) is 25.8 Å². The van der Waals surface area contributed by atoms with E-state index in [0.29, 0.717) is 18.3 Å². The molecule has 2 rings (SSSR count). The fraction of sp³-hybridized carbons (Fsp3) is 0.900. The zero-order chi connectivity index (χ0) is 9.64. The highest BCUT2D eigenvalue weighted by Gasteiger charge is 2.56. The summed E-state index contributed by atoms with van der Waals surface area (Å²) in [7, 11) is 1.91. The van der Waals surface area contributed by atoms with Gasteiger partial charge in [-0.15, -0.1) is 0 Å². The largest absolute Gasteiger partial charge is 0.379 e. The molecule has 1 amide bonds. The van der Waals surface area contributed by atoms with Gasteiger partial charge in [0.25, 0.3) is 0 Å². The molecule has 0 spiro atoms. The monoisotopic (exact) mass is 183 g/mol. The molecular formula is C10H17NO2. The van der Waals surface area contributed by atoms with Gasteiger partial charge < -0.3 is 9.64 Å². The number of nitrogens with zero attached hydrogens (tertiary/aromatic N) is 1. The van der Waals surface area contributed by atoms with Crippen LogP contribution in [-0.4, -0.2) is 36.6 Å². The van der Waals surface area contributed by atoms with E-state index in [9.17, 15) is 4.79 Å². The van der Waals surface area contributed by atoms with Gasteiger partial charge in [0.2, 0.25) is 5.91 Å². The summed E-state index contributed by atoms with van der Waals surface area (Å²) in [5.74, 6) is 1.18. The van der Waals surface area contributed by atoms with Gasteiger partial charge in [-0.3, -0.25) is 4.79 Å². The van der Waals surface area contributed by atoms with E-state index in [-0.39, 0.29) is 11.4 Å². The Labute approximate surface area is 79.0 Å². The third-order valence-corrected chi connectivity index (χ3v) is 3.78. The molecule has 2 atom stereocenters. The molecule has 0 N–H and O–H groups in total. The van der Waals surface area contributed by atoms with Crippen LogP contribution in [0, 0.1) is 11.8 Å². The quantitative estimate of drug-likeness (QED) is 0.604. The summed E-state index contributed by atoms with van der Waals surface area (Å²) < 4.78 is 5.50. The number of carbonyl (C=O) groups is 1. The summed E-state index contributed by atoms with van der Waals surface area (Å²) in [5, 5.41) is 0. The van der Waals surface area contributed by atoms with Gasteiger partial charge in [-0.1, -0.05) is 13.8 Å². The molecule has 2 aliphatic rings. The normalized spacial score (nSPS) is 38.9. The molecule has 0 radical (unpaired) electrons. The number of hydrogen-bond donors (Lipinski definition) is 0. The Morgan fingerprint density at radius 1 is 1.62 bits per heavy atom. The Balaban J connectivity index is 2.35. The maximum absolute atomic E-state index is 11.6. The first kappa shape index (κ1) is 9.00. The van der Waals surface area contributed by atoms with Gasteiger partial charge in [-0.05, 0) is 5.92 Å². The van der Waals surface area contributed by atoms with Crippen LogP contribution in [0.4, 0.5) is 0 Å². The third kappa shape index (κ3) is 0.966. The molecule has 0 aromatic heterocycles. The van der Waals surface area contributed by atoms with Gasteiger partial charge >= 0.3 is 0 Å². The lowest BCUT2D eigenvalue weighted by Crippen LogP contribution is -2.51. The van der Waals surface area contributed by atoms with Gasteiger partial charge in [-0.2, -0.15) is 0 Å². The molecule has 0 saturated carbocycles. The molecule has 2 unspecified atom stereocenters. The Morgan fingerprint density at radius 2 is 2.31 bits per heavy atom. The van der Waals surface area contributed by atoms with Gasteiger partial charge in [0.15, 0.2) is 0 Å². The van der Waals surface area contributed by atoms with Gasteiger partial charge in [0, 0.05) is 19.4 Å². The van der Waals surface area contributed by atoms with Crippen LogP contribution < -0.4 is 0 Å². The second-order valence-electron chi connectivity index (χ2n) is 4.51. The molecule has 2 saturated heterocycles. The molecule has 0 aromatic carbocycles. The van der Waals surface area contributed by atoms with Crippen molar-refractivity contribution in [2.24, 2.45) is 11.8 Å². The van der Waals surface area contributed by atoms with E-state index in [1.165, 1.54) is 0 Å². The molecule has 2 heterocycles. The molecule has 0 aliphatic carbocycles. The van der Waals surface area contributed by atoms with E-state index >= 15 is 0 Å². The minimum absolute atomic E-state index is 0.00289. The number of likely N-dealkylation sites (tertiary alicyclic amines) is 1. The first-order valence-electron chi connectivity index (χ1n) is 4.93. The lowest BCUT2D eigenvalue weighted by atomic mass is 9.79. The van der Waals surface area contributed by atoms with E-state index in [4.69, 9.17) is 4.74 Å². The van der Waals surface area contributed by atoms with E-state index in [2.05, 4.69) is 13.8 Å². The van der Waals surface area contributed by atoms with Crippen LogP contribution in [0.5, 0.6) is 0 Å². The molecule has 13 heavy (non-hydrogen) atoms. The smallest absolute Gasteiger partial charge is 0.223 e. The first-order valence-corrected chi connectivity index (χ1v) is 4.93. The average Bonchev–Trinajstić information content (AvgIpc) is 2.55. The van der Waals surface area contributed by atoms with Crippen LogP contribution in [0.2, 0.25) is 0 Å². The van der Waals surface area contributed by atoms with E-state index in [1.54, 1.807) is 0 Å². The summed E-state index contributed by atoms with van der Waals surface area (Å²) in [6.45, 7) is 5.83. The van der Waals surface area contributed by atoms with Crippen molar-refractivity contribution in [2.75, 3.05) is 20.3 Å². The predicted octanol–water partition coefficient (Wildman–Crippen LogP) is 0.890. The van der Waals surface area contributed by atoms with Crippen molar-refractivity contribution in [3.05, 3.63) is 0 Å². The molecule has 2 aliphatic heterocycles. The minimum Gasteiger partial charge on any atom is -0.379 e. The van der Waals surface area contributed by atoms with E-state index in [0.717, 1.165) is 13.2 Å². The van der Waals surface area contributed by atoms with Crippen molar-refractivity contribution >= 4 is 5.91 Å². The highest BCUT2D eigenvalue weighted by molar-refractivity contribution is 5.80. The van der Waals surface area contributed by atoms with Crippen LogP contribution >= 0.6 is 0 Å². The van der Waals surface area contributed by atoms with Gasteiger partial charge in [0.1, 0.15) is 0 Å². The molecule has 0 bridgehead atoms. The fourth-order valence-corrected chi connectivity index (χ4v) is 2.84. The number of hydrogen-bond acceptors (Lipinski definition) is 2. The molecular weight excluding hydrogens is 166 g/mol. The summed E-state index contributed by atoms with van der Waals surface area (Å²) in [4.78, 5) is 13.5. The van der Waals surface area contributed by atoms with Crippen LogP contribution in [0.1, 0.15) is 20.3 Å². The lowest BCUT2D eigenvalue weighted by Gasteiger charge is -2.38. The highest BCUT2D eigenvalue weighted by atomic mass is 16.5. The summed E-state index contributed by atoms with van der Waals surface area (Å²) in [6.07, 6.45) is 0.675. The zero-order valence-corrected chi connectivity index (χ0v) is 8.54. The number of carbonyl (C=O) groups excluding carboxylic acids is 1. The maximum atomic E-state index is 11.6. The zero-order valence-electron chi connectivity index (χ0n) is 8.54. The van der Waals surface area contributed by atoms with Crippen LogP contribution in [0.25, 0.3) is 0 Å². The molecule has 2 fully saturated rings. The molecule has 0 aromatic rings. The van der Waals surface area contributed by atoms with Crippen molar-refractivity contribution in [1.82, 2.24) is 4.90 Å². The van der Waals surface area contributed by atoms with E-state index < -0.39 is 0 Å². The second-order valence-corrected chi connectivity index (χ2v) is 4.51. The van der Waals surface area contributed by atoms with Crippen LogP contribution in [-0.2, 0) is 9.53 Å². The van der Waals surface area contributed by atoms with Gasteiger partial charge in [-0.25, -0.2) is 0 Å². The van der Waals surface area contributed by atoms with Gasteiger partial charge in [0.05, 0.1) is 18.8 Å². The number of amides is 1. The number of likely N-dealkylation sites (N-methyl/N-ethyl adjacent to an activating group) is 1.